The highest BCUT2D eigenvalue weighted by Crippen LogP contribution is 2.36. The Bertz CT molecular complexity index is 191. The molecule has 0 aromatic heterocycles. The Balaban J connectivity index is 1.80. The maximum absolute atomic E-state index is 6.22. The van der Waals surface area contributed by atoms with E-state index in [9.17, 15) is 0 Å². The van der Waals surface area contributed by atoms with Gasteiger partial charge in [0.15, 0.2) is 0 Å². The van der Waals surface area contributed by atoms with Gasteiger partial charge in [0, 0.05) is 4.83 Å². The standard InChI is InChI=1S/C13H23BrO/c1-10(11-8-9-11)15-13-7-5-3-2-4-6-12(13)14/h10-13H,2-9H2,1H3. The molecule has 0 amide bonds. The molecule has 2 saturated carbocycles. The van der Waals surface area contributed by atoms with Crippen molar-refractivity contribution in [3.05, 3.63) is 0 Å². The topological polar surface area (TPSA) is 9.23 Å². The first-order valence-corrected chi connectivity index (χ1v) is 7.48. The minimum atomic E-state index is 0.473. The van der Waals surface area contributed by atoms with Gasteiger partial charge in [-0.15, -0.1) is 0 Å². The van der Waals surface area contributed by atoms with Crippen LogP contribution in [-0.2, 0) is 4.74 Å². The van der Waals surface area contributed by atoms with Crippen LogP contribution in [0.3, 0.4) is 0 Å². The molecule has 0 bridgehead atoms. The molecular formula is C13H23BrO. The average molecular weight is 275 g/mol. The second-order valence-corrected chi connectivity index (χ2v) is 6.40. The van der Waals surface area contributed by atoms with E-state index < -0.39 is 0 Å². The van der Waals surface area contributed by atoms with E-state index in [4.69, 9.17) is 4.74 Å². The number of rotatable bonds is 3. The normalized spacial score (nSPS) is 35.6. The maximum atomic E-state index is 6.22. The molecule has 0 radical (unpaired) electrons. The maximum Gasteiger partial charge on any atom is 0.0703 e. The molecule has 0 N–H and O–H groups in total. The van der Waals surface area contributed by atoms with Gasteiger partial charge in [0.05, 0.1) is 12.2 Å². The third-order valence-electron chi connectivity index (χ3n) is 3.80. The Kier molecular flexibility index (Phi) is 4.51. The summed E-state index contributed by atoms with van der Waals surface area (Å²) in [6, 6.07) is 0. The number of alkyl halides is 1. The molecule has 1 nitrogen and oxygen atoms in total. The van der Waals surface area contributed by atoms with Crippen molar-refractivity contribution < 1.29 is 4.74 Å². The minimum absolute atomic E-state index is 0.473. The van der Waals surface area contributed by atoms with Crippen LogP contribution in [0.15, 0.2) is 0 Å². The van der Waals surface area contributed by atoms with Crippen molar-refractivity contribution >= 4 is 15.9 Å². The van der Waals surface area contributed by atoms with Gasteiger partial charge in [-0.3, -0.25) is 0 Å². The molecule has 15 heavy (non-hydrogen) atoms. The van der Waals surface area contributed by atoms with Crippen LogP contribution in [-0.4, -0.2) is 17.0 Å². The van der Waals surface area contributed by atoms with Crippen molar-refractivity contribution in [2.24, 2.45) is 5.92 Å². The average Bonchev–Trinajstić information content (AvgIpc) is 3.01. The highest BCUT2D eigenvalue weighted by Gasteiger charge is 2.32. The third-order valence-corrected chi connectivity index (χ3v) is 4.84. The summed E-state index contributed by atoms with van der Waals surface area (Å²) in [6.07, 6.45) is 11.8. The van der Waals surface area contributed by atoms with Gasteiger partial charge in [0.25, 0.3) is 0 Å². The molecule has 2 aliphatic rings. The van der Waals surface area contributed by atoms with Gasteiger partial charge >= 0.3 is 0 Å². The molecule has 0 spiro atoms. The molecule has 0 heterocycles. The number of halogens is 1. The fourth-order valence-corrected chi connectivity index (χ4v) is 3.22. The molecule has 2 rings (SSSR count). The number of ether oxygens (including phenoxy) is 1. The fourth-order valence-electron chi connectivity index (χ4n) is 2.51. The molecule has 88 valence electrons. The predicted molar refractivity (Wildman–Crippen MR) is 67.5 cm³/mol. The van der Waals surface area contributed by atoms with Crippen LogP contribution in [0.5, 0.6) is 0 Å². The van der Waals surface area contributed by atoms with E-state index in [-0.39, 0.29) is 0 Å². The lowest BCUT2D eigenvalue weighted by Gasteiger charge is -2.28. The van der Waals surface area contributed by atoms with Crippen LogP contribution < -0.4 is 0 Å². The predicted octanol–water partition coefficient (Wildman–Crippen LogP) is 4.29. The van der Waals surface area contributed by atoms with Crippen molar-refractivity contribution in [3.8, 4) is 0 Å². The summed E-state index contributed by atoms with van der Waals surface area (Å²) in [6.45, 7) is 2.26. The lowest BCUT2D eigenvalue weighted by atomic mass is 9.98. The Morgan fingerprint density at radius 2 is 1.67 bits per heavy atom. The van der Waals surface area contributed by atoms with Crippen LogP contribution in [0.1, 0.15) is 58.3 Å². The highest BCUT2D eigenvalue weighted by atomic mass is 79.9. The molecule has 2 fully saturated rings. The van der Waals surface area contributed by atoms with Crippen molar-refractivity contribution in [2.75, 3.05) is 0 Å². The zero-order valence-electron chi connectivity index (χ0n) is 9.75. The molecule has 0 aromatic rings. The molecule has 0 saturated heterocycles. The Morgan fingerprint density at radius 1 is 1.00 bits per heavy atom. The number of hydrogen-bond donors (Lipinski definition) is 0. The summed E-state index contributed by atoms with van der Waals surface area (Å²) < 4.78 is 6.22. The molecule has 0 aliphatic heterocycles. The lowest BCUT2D eigenvalue weighted by molar-refractivity contribution is -0.0211. The van der Waals surface area contributed by atoms with Gasteiger partial charge in [-0.2, -0.15) is 0 Å². The first-order valence-electron chi connectivity index (χ1n) is 6.57. The minimum Gasteiger partial charge on any atom is -0.374 e. The molecule has 3 unspecified atom stereocenters. The molecule has 3 atom stereocenters. The zero-order chi connectivity index (χ0) is 10.7. The molecule has 2 heteroatoms. The van der Waals surface area contributed by atoms with Gasteiger partial charge in [-0.25, -0.2) is 0 Å². The summed E-state index contributed by atoms with van der Waals surface area (Å²) >= 11 is 3.81. The number of hydrogen-bond acceptors (Lipinski definition) is 1. The van der Waals surface area contributed by atoms with Crippen LogP contribution in [0.4, 0.5) is 0 Å². The van der Waals surface area contributed by atoms with Crippen molar-refractivity contribution in [2.45, 2.75) is 75.3 Å². The van der Waals surface area contributed by atoms with E-state index in [1.807, 2.05) is 0 Å². The van der Waals surface area contributed by atoms with Gasteiger partial charge in [-0.05, 0) is 38.5 Å². The van der Waals surface area contributed by atoms with Gasteiger partial charge in [-0.1, -0.05) is 41.6 Å². The van der Waals surface area contributed by atoms with Crippen LogP contribution in [0.2, 0.25) is 0 Å². The molecular weight excluding hydrogens is 252 g/mol. The van der Waals surface area contributed by atoms with E-state index in [0.29, 0.717) is 17.0 Å². The van der Waals surface area contributed by atoms with E-state index in [0.717, 1.165) is 5.92 Å². The lowest BCUT2D eigenvalue weighted by Crippen LogP contribution is -2.30. The first-order chi connectivity index (χ1) is 7.27. The Hall–Kier alpha value is 0.440. The van der Waals surface area contributed by atoms with E-state index >= 15 is 0 Å². The van der Waals surface area contributed by atoms with E-state index in [2.05, 4.69) is 22.9 Å². The largest absolute Gasteiger partial charge is 0.374 e. The summed E-state index contributed by atoms with van der Waals surface area (Å²) in [5.41, 5.74) is 0. The van der Waals surface area contributed by atoms with Crippen molar-refractivity contribution in [1.82, 2.24) is 0 Å². The molecule has 0 aromatic carbocycles. The monoisotopic (exact) mass is 274 g/mol. The highest BCUT2D eigenvalue weighted by molar-refractivity contribution is 9.09. The van der Waals surface area contributed by atoms with Crippen molar-refractivity contribution in [3.63, 3.8) is 0 Å². The van der Waals surface area contributed by atoms with Crippen LogP contribution >= 0.6 is 15.9 Å². The summed E-state index contributed by atoms with van der Waals surface area (Å²) in [7, 11) is 0. The van der Waals surface area contributed by atoms with Gasteiger partial charge in [0.1, 0.15) is 0 Å². The van der Waals surface area contributed by atoms with Gasteiger partial charge < -0.3 is 4.74 Å². The van der Waals surface area contributed by atoms with E-state index in [1.54, 1.807) is 0 Å². The SMILES string of the molecule is CC(OC1CCCCCCC1Br)C1CC1. The Labute approximate surface area is 102 Å². The van der Waals surface area contributed by atoms with Gasteiger partial charge in [0.2, 0.25) is 0 Å². The fraction of sp³-hybridized carbons (Fsp3) is 1.00. The van der Waals surface area contributed by atoms with Crippen molar-refractivity contribution in [1.29, 1.82) is 0 Å². The summed E-state index contributed by atoms with van der Waals surface area (Å²) in [4.78, 5) is 0.596. The molecule has 2 aliphatic carbocycles. The second kappa shape index (κ2) is 5.67. The quantitative estimate of drug-likeness (QED) is 0.698. The first kappa shape index (κ1) is 11.9. The Morgan fingerprint density at radius 3 is 2.33 bits per heavy atom. The third kappa shape index (κ3) is 3.74. The summed E-state index contributed by atoms with van der Waals surface area (Å²) in [5.74, 6) is 0.871. The second-order valence-electron chi connectivity index (χ2n) is 5.22. The smallest absolute Gasteiger partial charge is 0.0703 e. The van der Waals surface area contributed by atoms with Crippen LogP contribution in [0.25, 0.3) is 0 Å². The zero-order valence-corrected chi connectivity index (χ0v) is 11.3. The van der Waals surface area contributed by atoms with Crippen LogP contribution in [0, 0.1) is 5.92 Å². The van der Waals surface area contributed by atoms with E-state index in [1.165, 1.54) is 51.4 Å². The summed E-state index contributed by atoms with van der Waals surface area (Å²) in [5, 5.41) is 0.